The zero-order chi connectivity index (χ0) is 18.7. The van der Waals surface area contributed by atoms with Crippen LogP contribution in [0.15, 0.2) is 24.3 Å². The zero-order valence-electron chi connectivity index (χ0n) is 14.3. The Bertz CT molecular complexity index is 631. The maximum atomic E-state index is 12.1. The Labute approximate surface area is 140 Å². The number of carbonyl (C=O) groups excluding carboxylic acids is 1. The third-order valence-electron chi connectivity index (χ3n) is 3.37. The molecular formula is C16H22N2O6. The van der Waals surface area contributed by atoms with Gasteiger partial charge in [0.15, 0.2) is 0 Å². The number of benzene rings is 1. The summed E-state index contributed by atoms with van der Waals surface area (Å²) in [5.74, 6) is -1.12. The fourth-order valence-corrected chi connectivity index (χ4v) is 2.02. The van der Waals surface area contributed by atoms with Crippen LogP contribution in [-0.2, 0) is 9.53 Å². The number of hydrogen-bond donors (Lipinski definition) is 2. The molecule has 0 saturated heterocycles. The number of rotatable bonds is 5. The Hall–Kier alpha value is -2.64. The molecule has 0 aromatic heterocycles. The van der Waals surface area contributed by atoms with Crippen LogP contribution < -0.4 is 5.32 Å². The van der Waals surface area contributed by atoms with Crippen LogP contribution in [0.25, 0.3) is 0 Å². The number of nitrogens with zero attached hydrogens (tertiary/aromatic N) is 1. The maximum absolute atomic E-state index is 12.1. The number of nitro benzene ring substituents is 1. The highest BCUT2D eigenvalue weighted by atomic mass is 16.6. The molecule has 0 radical (unpaired) electrons. The average Bonchev–Trinajstić information content (AvgIpc) is 2.42. The first-order chi connectivity index (χ1) is 10.8. The monoisotopic (exact) mass is 338 g/mol. The molecule has 132 valence electrons. The van der Waals surface area contributed by atoms with Crippen LogP contribution in [0.3, 0.4) is 0 Å². The summed E-state index contributed by atoms with van der Waals surface area (Å²) in [5.41, 5.74) is -1.79. The molecule has 1 atom stereocenters. The van der Waals surface area contributed by atoms with E-state index in [0.29, 0.717) is 5.56 Å². The highest BCUT2D eigenvalue weighted by molar-refractivity contribution is 5.77. The first-order valence-electron chi connectivity index (χ1n) is 7.32. The quantitative estimate of drug-likeness (QED) is 0.628. The van der Waals surface area contributed by atoms with Crippen molar-refractivity contribution in [3.05, 3.63) is 39.9 Å². The van der Waals surface area contributed by atoms with Gasteiger partial charge in [0.2, 0.25) is 0 Å². The number of non-ortho nitro benzene ring substituents is 1. The molecule has 0 saturated carbocycles. The Kier molecular flexibility index (Phi) is 5.54. The standard InChI is InChI=1S/C16H22N2O6/c1-15(2,3)24-14(21)17-12(16(4,5)13(19)20)10-6-8-11(9-7-10)18(22)23/h6-9,12H,1-5H3,(H,17,21)(H,19,20)/t12-/m0/s1. The van der Waals surface area contributed by atoms with Crippen molar-refractivity contribution in [1.29, 1.82) is 0 Å². The van der Waals surface area contributed by atoms with Gasteiger partial charge in [0.1, 0.15) is 5.60 Å². The molecule has 8 heteroatoms. The first kappa shape index (κ1) is 19.4. The number of hydrogen-bond acceptors (Lipinski definition) is 5. The molecule has 1 aromatic rings. The Morgan fingerprint density at radius 2 is 1.67 bits per heavy atom. The molecule has 0 bridgehead atoms. The Morgan fingerprint density at radius 3 is 2.04 bits per heavy atom. The van der Waals surface area contributed by atoms with Crippen LogP contribution >= 0.6 is 0 Å². The lowest BCUT2D eigenvalue weighted by atomic mass is 9.80. The fourth-order valence-electron chi connectivity index (χ4n) is 2.02. The number of nitro groups is 1. The van der Waals surface area contributed by atoms with Gasteiger partial charge in [0.25, 0.3) is 5.69 Å². The molecule has 1 aromatic carbocycles. The molecule has 0 heterocycles. The van der Waals surface area contributed by atoms with Crippen LogP contribution in [0.2, 0.25) is 0 Å². The first-order valence-corrected chi connectivity index (χ1v) is 7.32. The maximum Gasteiger partial charge on any atom is 0.408 e. The van der Waals surface area contributed by atoms with Crippen molar-refractivity contribution in [3.8, 4) is 0 Å². The van der Waals surface area contributed by atoms with Gasteiger partial charge in [-0.2, -0.15) is 0 Å². The molecular weight excluding hydrogens is 316 g/mol. The van der Waals surface area contributed by atoms with Crippen LogP contribution in [-0.4, -0.2) is 27.7 Å². The summed E-state index contributed by atoms with van der Waals surface area (Å²) >= 11 is 0. The summed E-state index contributed by atoms with van der Waals surface area (Å²) in [5, 5.41) is 22.8. The molecule has 0 aliphatic heterocycles. The van der Waals surface area contributed by atoms with E-state index in [1.807, 2.05) is 0 Å². The summed E-state index contributed by atoms with van der Waals surface area (Å²) in [6.45, 7) is 7.99. The number of alkyl carbamates (subject to hydrolysis) is 1. The number of nitrogens with one attached hydrogen (secondary N) is 1. The van der Waals surface area contributed by atoms with E-state index in [1.54, 1.807) is 20.8 Å². The van der Waals surface area contributed by atoms with Gasteiger partial charge in [-0.05, 0) is 40.2 Å². The van der Waals surface area contributed by atoms with E-state index in [4.69, 9.17) is 4.74 Å². The van der Waals surface area contributed by atoms with Gasteiger partial charge in [-0.3, -0.25) is 14.9 Å². The number of amides is 1. The third-order valence-corrected chi connectivity index (χ3v) is 3.37. The smallest absolute Gasteiger partial charge is 0.408 e. The lowest BCUT2D eigenvalue weighted by molar-refractivity contribution is -0.384. The summed E-state index contributed by atoms with van der Waals surface area (Å²) < 4.78 is 5.18. The van der Waals surface area contributed by atoms with Gasteiger partial charge in [-0.15, -0.1) is 0 Å². The van der Waals surface area contributed by atoms with E-state index in [-0.39, 0.29) is 5.69 Å². The third kappa shape index (κ3) is 4.94. The molecule has 24 heavy (non-hydrogen) atoms. The van der Waals surface area contributed by atoms with E-state index in [9.17, 15) is 24.8 Å². The van der Waals surface area contributed by atoms with E-state index in [0.717, 1.165) is 0 Å². The van der Waals surface area contributed by atoms with Crippen molar-refractivity contribution < 1.29 is 24.4 Å². The summed E-state index contributed by atoms with van der Waals surface area (Å²) in [7, 11) is 0. The molecule has 0 spiro atoms. The highest BCUT2D eigenvalue weighted by Gasteiger charge is 2.40. The van der Waals surface area contributed by atoms with Gasteiger partial charge in [0, 0.05) is 12.1 Å². The topological polar surface area (TPSA) is 119 Å². The van der Waals surface area contributed by atoms with E-state index < -0.39 is 34.0 Å². The van der Waals surface area contributed by atoms with Gasteiger partial charge < -0.3 is 15.2 Å². The molecule has 0 unspecified atom stereocenters. The predicted octanol–water partition coefficient (Wildman–Crippen LogP) is 3.27. The molecule has 8 nitrogen and oxygen atoms in total. The van der Waals surface area contributed by atoms with Crippen molar-refractivity contribution in [2.75, 3.05) is 0 Å². The van der Waals surface area contributed by atoms with E-state index >= 15 is 0 Å². The van der Waals surface area contributed by atoms with Gasteiger partial charge in [-0.1, -0.05) is 12.1 Å². The van der Waals surface area contributed by atoms with Crippen molar-refractivity contribution in [2.24, 2.45) is 5.41 Å². The second-order valence-electron chi connectivity index (χ2n) is 6.95. The Balaban J connectivity index is 3.17. The fraction of sp³-hybridized carbons (Fsp3) is 0.500. The SMILES string of the molecule is CC(C)(C)OC(=O)N[C@@H](c1ccc([N+](=O)[O-])cc1)C(C)(C)C(=O)O. The van der Waals surface area contributed by atoms with Crippen LogP contribution in [0.5, 0.6) is 0 Å². The number of carboxylic acids is 1. The van der Waals surface area contributed by atoms with Crippen LogP contribution in [0.4, 0.5) is 10.5 Å². The Morgan fingerprint density at radius 1 is 1.17 bits per heavy atom. The second kappa shape index (κ2) is 6.86. The molecule has 0 fully saturated rings. The van der Waals surface area contributed by atoms with Crippen LogP contribution in [0.1, 0.15) is 46.2 Å². The molecule has 0 aliphatic rings. The van der Waals surface area contributed by atoms with Crippen molar-refractivity contribution >= 4 is 17.7 Å². The van der Waals surface area contributed by atoms with Gasteiger partial charge in [-0.25, -0.2) is 4.79 Å². The predicted molar refractivity (Wildman–Crippen MR) is 86.6 cm³/mol. The molecule has 2 N–H and O–H groups in total. The second-order valence-corrected chi connectivity index (χ2v) is 6.95. The normalized spacial score (nSPS) is 13.0. The van der Waals surface area contributed by atoms with E-state index in [1.165, 1.54) is 38.1 Å². The summed E-state index contributed by atoms with van der Waals surface area (Å²) in [4.78, 5) is 33.8. The minimum Gasteiger partial charge on any atom is -0.481 e. The number of carbonyl (C=O) groups is 2. The van der Waals surface area contributed by atoms with E-state index in [2.05, 4.69) is 5.32 Å². The molecule has 1 rings (SSSR count). The number of ether oxygens (including phenoxy) is 1. The highest BCUT2D eigenvalue weighted by Crippen LogP contribution is 2.34. The largest absolute Gasteiger partial charge is 0.481 e. The minimum atomic E-state index is -1.35. The zero-order valence-corrected chi connectivity index (χ0v) is 14.3. The number of aliphatic carboxylic acids is 1. The average molecular weight is 338 g/mol. The molecule has 0 aliphatic carbocycles. The van der Waals surface area contributed by atoms with Crippen molar-refractivity contribution in [1.82, 2.24) is 5.32 Å². The van der Waals surface area contributed by atoms with Crippen molar-refractivity contribution in [3.63, 3.8) is 0 Å². The lowest BCUT2D eigenvalue weighted by Crippen LogP contribution is -2.44. The van der Waals surface area contributed by atoms with Gasteiger partial charge in [0.05, 0.1) is 16.4 Å². The summed E-state index contributed by atoms with van der Waals surface area (Å²) in [6, 6.07) is 4.44. The van der Waals surface area contributed by atoms with Crippen molar-refractivity contribution in [2.45, 2.75) is 46.3 Å². The summed E-state index contributed by atoms with van der Waals surface area (Å²) in [6.07, 6.45) is -0.764. The molecule has 1 amide bonds. The number of carboxylic acid groups (broad SMARTS) is 1. The minimum absolute atomic E-state index is 0.122. The van der Waals surface area contributed by atoms with Crippen LogP contribution in [0, 0.1) is 15.5 Å². The lowest BCUT2D eigenvalue weighted by Gasteiger charge is -2.32. The van der Waals surface area contributed by atoms with Gasteiger partial charge >= 0.3 is 12.1 Å².